The van der Waals surface area contributed by atoms with Crippen molar-refractivity contribution in [3.63, 3.8) is 0 Å². The van der Waals surface area contributed by atoms with Crippen LogP contribution >= 0.6 is 0 Å². The molecule has 2 rings (SSSR count). The first kappa shape index (κ1) is 29.7. The molecule has 0 saturated heterocycles. The maximum atomic E-state index is 13.6. The fourth-order valence-electron chi connectivity index (χ4n) is 6.89. The Balaban J connectivity index is 2.45. The lowest BCUT2D eigenvalue weighted by Gasteiger charge is -2.46. The van der Waals surface area contributed by atoms with E-state index < -0.39 is 8.07 Å². The van der Waals surface area contributed by atoms with E-state index >= 15 is 0 Å². The van der Waals surface area contributed by atoms with Crippen molar-refractivity contribution in [1.82, 2.24) is 0 Å². The summed E-state index contributed by atoms with van der Waals surface area (Å²) in [6.07, 6.45) is 2.72. The van der Waals surface area contributed by atoms with Gasteiger partial charge in [0, 0.05) is 5.92 Å². The van der Waals surface area contributed by atoms with Gasteiger partial charge < -0.3 is 9.47 Å². The van der Waals surface area contributed by atoms with Gasteiger partial charge in [-0.1, -0.05) is 130 Å². The van der Waals surface area contributed by atoms with Gasteiger partial charge in [-0.25, -0.2) is 4.79 Å². The first-order chi connectivity index (χ1) is 16.0. The molecule has 1 aliphatic rings. The summed E-state index contributed by atoms with van der Waals surface area (Å²) in [5.74, 6) is 0.225. The number of esters is 1. The van der Waals surface area contributed by atoms with Crippen molar-refractivity contribution >= 4 is 14.0 Å². The minimum atomic E-state index is -1.71. The van der Waals surface area contributed by atoms with E-state index in [-0.39, 0.29) is 34.9 Å². The van der Waals surface area contributed by atoms with Gasteiger partial charge in [0.15, 0.2) is 0 Å². The van der Waals surface area contributed by atoms with E-state index in [2.05, 4.69) is 107 Å². The predicted molar refractivity (Wildman–Crippen MR) is 151 cm³/mol. The number of hydrogen-bond donors (Lipinski definition) is 0. The van der Waals surface area contributed by atoms with Crippen molar-refractivity contribution in [2.75, 3.05) is 0 Å². The molecule has 4 heteroatoms. The van der Waals surface area contributed by atoms with Crippen LogP contribution in [-0.4, -0.2) is 26.3 Å². The van der Waals surface area contributed by atoms with Crippen molar-refractivity contribution in [2.45, 2.75) is 130 Å². The number of ether oxygens (including phenoxy) is 2. The quantitative estimate of drug-likeness (QED) is 0.264. The number of allylic oxidation sites excluding steroid dienone is 1. The Labute approximate surface area is 217 Å². The average molecular weight is 501 g/mol. The molecule has 3 nitrogen and oxygen atoms in total. The van der Waals surface area contributed by atoms with E-state index in [4.69, 9.17) is 9.47 Å². The minimum Gasteiger partial charge on any atom is -0.484 e. The van der Waals surface area contributed by atoms with Crippen LogP contribution in [0.5, 0.6) is 0 Å². The molecule has 35 heavy (non-hydrogen) atoms. The van der Waals surface area contributed by atoms with Crippen molar-refractivity contribution in [3.8, 4) is 0 Å². The lowest BCUT2D eigenvalue weighted by Crippen LogP contribution is -2.48. The zero-order chi connectivity index (χ0) is 26.8. The fraction of sp³-hybridized carbons (Fsp3) is 0.710. The van der Waals surface area contributed by atoms with E-state index in [1.54, 1.807) is 0 Å². The molecule has 1 aromatic carbocycles. The van der Waals surface area contributed by atoms with Crippen molar-refractivity contribution in [2.24, 2.45) is 10.8 Å². The van der Waals surface area contributed by atoms with E-state index in [1.165, 1.54) is 5.56 Å². The first-order valence-corrected chi connectivity index (χ1v) is 16.1. The molecule has 1 heterocycles. The van der Waals surface area contributed by atoms with E-state index in [1.807, 2.05) is 12.1 Å². The highest BCUT2D eigenvalue weighted by molar-refractivity contribution is 6.83. The van der Waals surface area contributed by atoms with Crippen LogP contribution in [0.1, 0.15) is 101 Å². The average Bonchev–Trinajstić information content (AvgIpc) is 2.73. The summed E-state index contributed by atoms with van der Waals surface area (Å²) < 4.78 is 12.8. The smallest absolute Gasteiger partial charge is 0.373 e. The van der Waals surface area contributed by atoms with Gasteiger partial charge in [-0.05, 0) is 34.9 Å². The molecule has 0 radical (unpaired) electrons. The van der Waals surface area contributed by atoms with E-state index in [0.717, 1.165) is 12.5 Å². The van der Waals surface area contributed by atoms with E-state index in [0.29, 0.717) is 22.4 Å². The number of carbonyl (C=O) groups is 1. The number of benzene rings is 1. The minimum absolute atomic E-state index is 0.0225. The van der Waals surface area contributed by atoms with Gasteiger partial charge in [0.05, 0.1) is 14.2 Å². The van der Waals surface area contributed by atoms with Crippen LogP contribution in [0.15, 0.2) is 42.2 Å². The Morgan fingerprint density at radius 3 is 1.83 bits per heavy atom. The second-order valence-corrected chi connectivity index (χ2v) is 19.9. The highest BCUT2D eigenvalue weighted by Gasteiger charge is 2.46. The van der Waals surface area contributed by atoms with Crippen molar-refractivity contribution < 1.29 is 14.3 Å². The summed E-state index contributed by atoms with van der Waals surface area (Å²) in [5.41, 5.74) is 2.84. The summed E-state index contributed by atoms with van der Waals surface area (Å²) in [6, 6.07) is 11.6. The van der Waals surface area contributed by atoms with E-state index in [9.17, 15) is 4.79 Å². The van der Waals surface area contributed by atoms with Gasteiger partial charge in [0.1, 0.15) is 6.10 Å². The molecule has 0 amide bonds. The largest absolute Gasteiger partial charge is 0.484 e. The summed E-state index contributed by atoms with van der Waals surface area (Å²) in [6.45, 7) is 27.2. The van der Waals surface area contributed by atoms with Crippen LogP contribution in [-0.2, 0) is 14.3 Å². The summed E-state index contributed by atoms with van der Waals surface area (Å²) in [7, 11) is -1.71. The molecule has 198 valence electrons. The van der Waals surface area contributed by atoms with Gasteiger partial charge in [-0.2, -0.15) is 0 Å². The number of rotatable bonds is 8. The van der Waals surface area contributed by atoms with Crippen LogP contribution in [0.25, 0.3) is 0 Å². The number of carbonyl (C=O) groups excluding carboxylic acids is 1. The molecule has 0 spiro atoms. The molecule has 0 aromatic heterocycles. The molecular formula is C31H52O3Si. The maximum absolute atomic E-state index is 13.6. The SMILES string of the molecule is CC(C)[Si](C[C@@H]1C[C@H](c2ccccc2)C=C(C(=O)OC(C(C)(C)C)C(C)(C)C)O1)(C(C)C)C(C)C. The van der Waals surface area contributed by atoms with Gasteiger partial charge in [0.2, 0.25) is 5.76 Å². The topological polar surface area (TPSA) is 35.5 Å². The van der Waals surface area contributed by atoms with Crippen LogP contribution in [0.2, 0.25) is 22.7 Å². The van der Waals surface area contributed by atoms with Crippen LogP contribution in [0.4, 0.5) is 0 Å². The molecule has 0 fully saturated rings. The third-order valence-corrected chi connectivity index (χ3v) is 15.8. The molecular weight excluding hydrogens is 448 g/mol. The Bertz CT molecular complexity index is 820. The molecule has 0 aliphatic carbocycles. The Morgan fingerprint density at radius 1 is 0.914 bits per heavy atom. The molecule has 0 bridgehead atoms. The zero-order valence-corrected chi connectivity index (χ0v) is 25.6. The highest BCUT2D eigenvalue weighted by Crippen LogP contribution is 2.48. The van der Waals surface area contributed by atoms with Crippen LogP contribution < -0.4 is 0 Å². The molecule has 1 aliphatic heterocycles. The second-order valence-electron chi connectivity index (χ2n) is 13.8. The first-order valence-electron chi connectivity index (χ1n) is 13.6. The van der Waals surface area contributed by atoms with Crippen LogP contribution in [0, 0.1) is 10.8 Å². The molecule has 0 N–H and O–H groups in total. The van der Waals surface area contributed by atoms with Gasteiger partial charge >= 0.3 is 5.97 Å². The standard InChI is InChI=1S/C31H52O3Si/c1-21(2)35(22(3)4,23(5)6)20-26-18-25(24-16-14-13-15-17-24)19-27(33-26)28(32)34-29(30(7,8)9)31(10,11)12/h13-17,19,21-23,25-26,29H,18,20H2,1-12H3/t25-,26-/m0/s1. The molecule has 1 aromatic rings. The number of hydrogen-bond acceptors (Lipinski definition) is 3. The third kappa shape index (κ3) is 7.02. The molecule has 2 atom stereocenters. The van der Waals surface area contributed by atoms with Gasteiger partial charge in [-0.3, -0.25) is 0 Å². The monoisotopic (exact) mass is 500 g/mol. The van der Waals surface area contributed by atoms with Gasteiger partial charge in [0.25, 0.3) is 0 Å². The Hall–Kier alpha value is -1.55. The normalized spacial score (nSPS) is 19.8. The Kier molecular flexibility index (Phi) is 9.52. The second kappa shape index (κ2) is 11.2. The van der Waals surface area contributed by atoms with Crippen molar-refractivity contribution in [3.05, 3.63) is 47.7 Å². The predicted octanol–water partition coefficient (Wildman–Crippen LogP) is 9.13. The molecule has 0 unspecified atom stereocenters. The third-order valence-electron chi connectivity index (χ3n) is 8.20. The Morgan fingerprint density at radius 2 is 1.40 bits per heavy atom. The van der Waals surface area contributed by atoms with Crippen LogP contribution in [0.3, 0.4) is 0 Å². The van der Waals surface area contributed by atoms with Gasteiger partial charge in [-0.15, -0.1) is 0 Å². The highest BCUT2D eigenvalue weighted by atomic mass is 28.3. The lowest BCUT2D eigenvalue weighted by molar-refractivity contribution is -0.164. The summed E-state index contributed by atoms with van der Waals surface area (Å²) >= 11 is 0. The lowest BCUT2D eigenvalue weighted by atomic mass is 9.74. The zero-order valence-electron chi connectivity index (χ0n) is 24.6. The van der Waals surface area contributed by atoms with Crippen molar-refractivity contribution in [1.29, 1.82) is 0 Å². The maximum Gasteiger partial charge on any atom is 0.373 e. The fourth-order valence-corrected chi connectivity index (χ4v) is 13.3. The molecule has 0 saturated carbocycles. The summed E-state index contributed by atoms with van der Waals surface area (Å²) in [4.78, 5) is 13.6. The summed E-state index contributed by atoms with van der Waals surface area (Å²) in [5, 5.41) is 0.